The molecule has 1 aliphatic rings. The van der Waals surface area contributed by atoms with Crippen LogP contribution >= 0.6 is 0 Å². The average Bonchev–Trinajstić information content (AvgIpc) is 2.55. The van der Waals surface area contributed by atoms with E-state index in [1.54, 1.807) is 24.0 Å². The summed E-state index contributed by atoms with van der Waals surface area (Å²) in [6.07, 6.45) is 4.58. The van der Waals surface area contributed by atoms with Crippen molar-refractivity contribution in [2.45, 2.75) is 25.8 Å². The first-order chi connectivity index (χ1) is 10.7. The smallest absolute Gasteiger partial charge is 0.409 e. The highest BCUT2D eigenvalue weighted by atomic mass is 16.6. The second-order valence-electron chi connectivity index (χ2n) is 5.21. The Balaban J connectivity index is 1.75. The molecule has 1 aromatic carbocycles. The molecule has 1 fully saturated rings. The summed E-state index contributed by atoms with van der Waals surface area (Å²) in [6.45, 7) is 3.42. The van der Waals surface area contributed by atoms with Crippen molar-refractivity contribution in [3.63, 3.8) is 0 Å². The van der Waals surface area contributed by atoms with Crippen molar-refractivity contribution in [2.75, 3.05) is 19.7 Å². The van der Waals surface area contributed by atoms with Gasteiger partial charge in [0.2, 0.25) is 5.91 Å². The van der Waals surface area contributed by atoms with Crippen LogP contribution in [0.1, 0.15) is 25.3 Å². The minimum absolute atomic E-state index is 0.0987. The lowest BCUT2D eigenvalue weighted by atomic mass is 10.1. The molecule has 0 radical (unpaired) electrons. The predicted octanol–water partition coefficient (Wildman–Crippen LogP) is 2.44. The van der Waals surface area contributed by atoms with Crippen LogP contribution in [0.25, 0.3) is 6.08 Å². The van der Waals surface area contributed by atoms with Crippen LogP contribution < -0.4 is 5.32 Å². The third-order valence-corrected chi connectivity index (χ3v) is 3.59. The average molecular weight is 302 g/mol. The van der Waals surface area contributed by atoms with Gasteiger partial charge >= 0.3 is 6.09 Å². The predicted molar refractivity (Wildman–Crippen MR) is 85.2 cm³/mol. The molecule has 1 saturated heterocycles. The molecular weight excluding hydrogens is 280 g/mol. The Kier molecular flexibility index (Phi) is 6.01. The number of rotatable bonds is 4. The number of nitrogens with zero attached hydrogens (tertiary/aromatic N) is 1. The van der Waals surface area contributed by atoms with Gasteiger partial charge in [-0.15, -0.1) is 0 Å². The molecule has 0 bridgehead atoms. The van der Waals surface area contributed by atoms with Crippen LogP contribution in [0.4, 0.5) is 4.79 Å². The van der Waals surface area contributed by atoms with E-state index in [1.165, 1.54) is 0 Å². The Morgan fingerprint density at radius 1 is 1.27 bits per heavy atom. The molecule has 5 heteroatoms. The first-order valence-electron chi connectivity index (χ1n) is 7.64. The molecule has 2 rings (SSSR count). The van der Waals surface area contributed by atoms with Crippen LogP contribution in [0.2, 0.25) is 0 Å². The molecule has 2 amide bonds. The second-order valence-corrected chi connectivity index (χ2v) is 5.21. The van der Waals surface area contributed by atoms with E-state index in [1.807, 2.05) is 30.3 Å². The van der Waals surface area contributed by atoms with Crippen LogP contribution in [-0.4, -0.2) is 42.6 Å². The van der Waals surface area contributed by atoms with E-state index in [4.69, 9.17) is 4.74 Å². The van der Waals surface area contributed by atoms with E-state index < -0.39 is 0 Å². The standard InChI is InChI=1S/C17H22N2O3/c1-2-22-17(21)19-12-10-15(11-13-19)18-16(20)9-8-14-6-4-3-5-7-14/h3-9,15H,2,10-13H2,1H3,(H,18,20)/b9-8+. The zero-order valence-corrected chi connectivity index (χ0v) is 12.8. The lowest BCUT2D eigenvalue weighted by Crippen LogP contribution is -2.46. The molecule has 0 saturated carbocycles. The first-order valence-corrected chi connectivity index (χ1v) is 7.64. The molecule has 1 heterocycles. The number of benzene rings is 1. The molecule has 0 unspecified atom stereocenters. The van der Waals surface area contributed by atoms with Crippen LogP contribution in [-0.2, 0) is 9.53 Å². The molecule has 0 atom stereocenters. The van der Waals surface area contributed by atoms with Gasteiger partial charge in [0.05, 0.1) is 6.61 Å². The number of ether oxygens (including phenoxy) is 1. The van der Waals surface area contributed by atoms with Crippen LogP contribution in [0.5, 0.6) is 0 Å². The summed E-state index contributed by atoms with van der Waals surface area (Å²) in [7, 11) is 0. The normalized spacial score (nSPS) is 15.8. The Labute approximate surface area is 130 Å². The van der Waals surface area contributed by atoms with E-state index in [9.17, 15) is 9.59 Å². The molecular formula is C17H22N2O3. The van der Waals surface area contributed by atoms with Crippen molar-refractivity contribution in [1.82, 2.24) is 10.2 Å². The number of likely N-dealkylation sites (tertiary alicyclic amines) is 1. The molecule has 5 nitrogen and oxygen atoms in total. The van der Waals surface area contributed by atoms with Gasteiger partial charge in [-0.2, -0.15) is 0 Å². The highest BCUT2D eigenvalue weighted by Crippen LogP contribution is 2.11. The third-order valence-electron chi connectivity index (χ3n) is 3.59. The number of carbonyl (C=O) groups excluding carboxylic acids is 2. The Morgan fingerprint density at radius 3 is 2.59 bits per heavy atom. The summed E-state index contributed by atoms with van der Waals surface area (Å²) >= 11 is 0. The summed E-state index contributed by atoms with van der Waals surface area (Å²) in [4.78, 5) is 25.2. The maximum Gasteiger partial charge on any atom is 0.409 e. The van der Waals surface area contributed by atoms with Gasteiger partial charge < -0.3 is 15.0 Å². The van der Waals surface area contributed by atoms with Gasteiger partial charge in [0, 0.05) is 25.2 Å². The van der Waals surface area contributed by atoms with Crippen molar-refractivity contribution >= 4 is 18.1 Å². The second kappa shape index (κ2) is 8.22. The van der Waals surface area contributed by atoms with Crippen LogP contribution in [0.15, 0.2) is 36.4 Å². The van der Waals surface area contributed by atoms with Crippen molar-refractivity contribution < 1.29 is 14.3 Å². The molecule has 1 aliphatic heterocycles. The Hall–Kier alpha value is -2.30. The van der Waals surface area contributed by atoms with Gasteiger partial charge in [0.25, 0.3) is 0 Å². The highest BCUT2D eigenvalue weighted by Gasteiger charge is 2.23. The molecule has 0 aromatic heterocycles. The number of hydrogen-bond acceptors (Lipinski definition) is 3. The minimum atomic E-state index is -0.267. The molecule has 0 aliphatic carbocycles. The molecule has 1 N–H and O–H groups in total. The Morgan fingerprint density at radius 2 is 1.95 bits per heavy atom. The van der Waals surface area contributed by atoms with Crippen LogP contribution in [0.3, 0.4) is 0 Å². The van der Waals surface area contributed by atoms with E-state index >= 15 is 0 Å². The zero-order chi connectivity index (χ0) is 15.8. The van der Waals surface area contributed by atoms with Gasteiger partial charge in [0.1, 0.15) is 0 Å². The van der Waals surface area contributed by atoms with Gasteiger partial charge in [-0.3, -0.25) is 4.79 Å². The third kappa shape index (κ3) is 4.91. The lowest BCUT2D eigenvalue weighted by Gasteiger charge is -2.31. The summed E-state index contributed by atoms with van der Waals surface area (Å²) in [6, 6.07) is 9.81. The zero-order valence-electron chi connectivity index (χ0n) is 12.8. The molecule has 118 valence electrons. The van der Waals surface area contributed by atoms with Gasteiger partial charge in [-0.25, -0.2) is 4.79 Å². The van der Waals surface area contributed by atoms with Gasteiger partial charge in [-0.05, 0) is 31.4 Å². The topological polar surface area (TPSA) is 58.6 Å². The molecule has 22 heavy (non-hydrogen) atoms. The SMILES string of the molecule is CCOC(=O)N1CCC(NC(=O)/C=C/c2ccccc2)CC1. The Bertz CT molecular complexity index is 520. The van der Waals surface area contributed by atoms with Crippen molar-refractivity contribution in [1.29, 1.82) is 0 Å². The van der Waals surface area contributed by atoms with Gasteiger partial charge in [-0.1, -0.05) is 30.3 Å². The maximum atomic E-state index is 11.9. The largest absolute Gasteiger partial charge is 0.450 e. The van der Waals surface area contributed by atoms with E-state index in [0.29, 0.717) is 19.7 Å². The quantitative estimate of drug-likeness (QED) is 0.869. The lowest BCUT2D eigenvalue weighted by molar-refractivity contribution is -0.117. The fourth-order valence-corrected chi connectivity index (χ4v) is 2.41. The van der Waals surface area contributed by atoms with E-state index in [-0.39, 0.29) is 18.0 Å². The van der Waals surface area contributed by atoms with Crippen molar-refractivity contribution in [2.24, 2.45) is 0 Å². The molecule has 0 spiro atoms. The monoisotopic (exact) mass is 302 g/mol. The number of carbonyl (C=O) groups is 2. The number of hydrogen-bond donors (Lipinski definition) is 1. The maximum absolute atomic E-state index is 11.9. The van der Waals surface area contributed by atoms with Crippen LogP contribution in [0, 0.1) is 0 Å². The van der Waals surface area contributed by atoms with Crippen molar-refractivity contribution in [3.8, 4) is 0 Å². The minimum Gasteiger partial charge on any atom is -0.450 e. The number of nitrogens with one attached hydrogen (secondary N) is 1. The number of piperidine rings is 1. The van der Waals surface area contributed by atoms with Crippen molar-refractivity contribution in [3.05, 3.63) is 42.0 Å². The summed E-state index contributed by atoms with van der Waals surface area (Å²) in [5.41, 5.74) is 0.995. The summed E-state index contributed by atoms with van der Waals surface area (Å²) in [5.74, 6) is -0.0987. The summed E-state index contributed by atoms with van der Waals surface area (Å²) in [5, 5.41) is 2.98. The highest BCUT2D eigenvalue weighted by molar-refractivity contribution is 5.91. The number of amides is 2. The fraction of sp³-hybridized carbons (Fsp3) is 0.412. The van der Waals surface area contributed by atoms with E-state index in [0.717, 1.165) is 18.4 Å². The first kappa shape index (κ1) is 16.1. The fourth-order valence-electron chi connectivity index (χ4n) is 2.41. The molecule has 1 aromatic rings. The van der Waals surface area contributed by atoms with E-state index in [2.05, 4.69) is 5.32 Å². The van der Waals surface area contributed by atoms with Gasteiger partial charge in [0.15, 0.2) is 0 Å². The summed E-state index contributed by atoms with van der Waals surface area (Å²) < 4.78 is 4.97.